The molecule has 0 aliphatic carbocycles. The number of nitrogens with one attached hydrogen (secondary N) is 1. The van der Waals surface area contributed by atoms with Gasteiger partial charge in [-0.25, -0.2) is 9.67 Å². The van der Waals surface area contributed by atoms with Crippen molar-refractivity contribution in [1.82, 2.24) is 19.7 Å². The van der Waals surface area contributed by atoms with Crippen LogP contribution < -0.4 is 10.1 Å². The second kappa shape index (κ2) is 9.48. The first kappa shape index (κ1) is 20.0. The van der Waals surface area contributed by atoms with Gasteiger partial charge in [-0.05, 0) is 43.9 Å². The largest absolute Gasteiger partial charge is 0.491 e. The topological polar surface area (TPSA) is 72.3 Å². The maximum absolute atomic E-state index is 12.6. The predicted molar refractivity (Wildman–Crippen MR) is 112 cm³/mol. The van der Waals surface area contributed by atoms with E-state index < -0.39 is 0 Å². The second-order valence-corrected chi connectivity index (χ2v) is 7.41. The minimum absolute atomic E-state index is 0.253. The molecule has 1 N–H and O–H groups in total. The highest BCUT2D eigenvalue weighted by atomic mass is 79.9. The number of rotatable bonds is 8. The van der Waals surface area contributed by atoms with Crippen LogP contribution in [0.4, 0.5) is 5.95 Å². The third kappa shape index (κ3) is 5.64. The minimum Gasteiger partial charge on any atom is -0.491 e. The van der Waals surface area contributed by atoms with Gasteiger partial charge < -0.3 is 9.64 Å². The molecule has 0 bridgehead atoms. The van der Waals surface area contributed by atoms with Gasteiger partial charge in [0.2, 0.25) is 5.95 Å². The van der Waals surface area contributed by atoms with Crippen molar-refractivity contribution in [2.75, 3.05) is 32.6 Å². The summed E-state index contributed by atoms with van der Waals surface area (Å²) in [5, 5.41) is 7.06. The molecular formula is C20H22BrN5O2. The van der Waals surface area contributed by atoms with Gasteiger partial charge in [0.05, 0.1) is 12.1 Å². The van der Waals surface area contributed by atoms with E-state index in [0.29, 0.717) is 24.5 Å². The van der Waals surface area contributed by atoms with Gasteiger partial charge in [-0.1, -0.05) is 40.2 Å². The Kier molecular flexibility index (Phi) is 6.78. The number of benzene rings is 2. The predicted octanol–water partition coefficient (Wildman–Crippen LogP) is 3.28. The van der Waals surface area contributed by atoms with Gasteiger partial charge in [0.15, 0.2) is 0 Å². The Morgan fingerprint density at radius 2 is 2.04 bits per heavy atom. The SMILES string of the molecule is CN(C)CCOc1ccccc1C(=O)Nc1ncn(Cc2cccc(Br)c2)n1. The van der Waals surface area contributed by atoms with Crippen molar-refractivity contribution >= 4 is 27.8 Å². The summed E-state index contributed by atoms with van der Waals surface area (Å²) >= 11 is 3.45. The molecule has 3 aromatic rings. The number of hydrogen-bond acceptors (Lipinski definition) is 5. The van der Waals surface area contributed by atoms with Crippen LogP contribution in [0.2, 0.25) is 0 Å². The zero-order chi connectivity index (χ0) is 19.9. The minimum atomic E-state index is -0.305. The molecule has 2 aromatic carbocycles. The molecule has 0 spiro atoms. The molecule has 7 nitrogen and oxygen atoms in total. The number of amides is 1. The highest BCUT2D eigenvalue weighted by molar-refractivity contribution is 9.10. The number of aromatic nitrogens is 3. The van der Waals surface area contributed by atoms with Crippen molar-refractivity contribution in [3.8, 4) is 5.75 Å². The zero-order valence-electron chi connectivity index (χ0n) is 15.8. The van der Waals surface area contributed by atoms with Gasteiger partial charge in [-0.2, -0.15) is 0 Å². The highest BCUT2D eigenvalue weighted by Gasteiger charge is 2.14. The summed E-state index contributed by atoms with van der Waals surface area (Å²) in [5.41, 5.74) is 1.53. The Morgan fingerprint density at radius 1 is 1.21 bits per heavy atom. The molecule has 0 saturated carbocycles. The van der Waals surface area contributed by atoms with Crippen LogP contribution in [0.25, 0.3) is 0 Å². The molecular weight excluding hydrogens is 422 g/mol. The number of likely N-dealkylation sites (N-methyl/N-ethyl adjacent to an activating group) is 1. The zero-order valence-corrected chi connectivity index (χ0v) is 17.4. The number of nitrogens with zero attached hydrogens (tertiary/aromatic N) is 4. The molecule has 0 aliphatic heterocycles. The van der Waals surface area contributed by atoms with E-state index in [1.165, 1.54) is 0 Å². The van der Waals surface area contributed by atoms with Crippen LogP contribution in [-0.4, -0.2) is 52.8 Å². The number of carbonyl (C=O) groups excluding carboxylic acids is 1. The molecule has 1 heterocycles. The lowest BCUT2D eigenvalue weighted by atomic mass is 10.2. The van der Waals surface area contributed by atoms with Crippen molar-refractivity contribution < 1.29 is 9.53 Å². The van der Waals surface area contributed by atoms with Crippen LogP contribution in [0.3, 0.4) is 0 Å². The fourth-order valence-electron chi connectivity index (χ4n) is 2.54. The smallest absolute Gasteiger partial charge is 0.261 e. The van der Waals surface area contributed by atoms with Gasteiger partial charge >= 0.3 is 0 Å². The molecule has 8 heteroatoms. The van der Waals surface area contributed by atoms with Crippen molar-refractivity contribution in [2.45, 2.75) is 6.54 Å². The number of halogens is 1. The monoisotopic (exact) mass is 443 g/mol. The Balaban J connectivity index is 1.64. The van der Waals surface area contributed by atoms with E-state index >= 15 is 0 Å². The van der Waals surface area contributed by atoms with E-state index in [9.17, 15) is 4.79 Å². The average Bonchev–Trinajstić information content (AvgIpc) is 3.08. The average molecular weight is 444 g/mol. The highest BCUT2D eigenvalue weighted by Crippen LogP contribution is 2.19. The lowest BCUT2D eigenvalue weighted by Crippen LogP contribution is -2.21. The Hall–Kier alpha value is -2.71. The lowest BCUT2D eigenvalue weighted by molar-refractivity contribution is 0.102. The lowest BCUT2D eigenvalue weighted by Gasteiger charge is -2.13. The second-order valence-electron chi connectivity index (χ2n) is 6.50. The third-order valence-electron chi connectivity index (χ3n) is 3.92. The Bertz CT molecular complexity index is 942. The van der Waals surface area contributed by atoms with Crippen LogP contribution in [0.5, 0.6) is 5.75 Å². The molecule has 0 atom stereocenters. The molecule has 1 amide bonds. The summed E-state index contributed by atoms with van der Waals surface area (Å²) in [5.74, 6) is 0.485. The number of anilines is 1. The van der Waals surface area contributed by atoms with Crippen molar-refractivity contribution in [3.05, 3.63) is 70.5 Å². The fraction of sp³-hybridized carbons (Fsp3) is 0.250. The number of carbonyl (C=O) groups is 1. The molecule has 28 heavy (non-hydrogen) atoms. The van der Waals surface area contributed by atoms with E-state index in [1.807, 2.05) is 49.3 Å². The van der Waals surface area contributed by atoms with Crippen LogP contribution in [-0.2, 0) is 6.54 Å². The van der Waals surface area contributed by atoms with Gasteiger partial charge in [0.25, 0.3) is 5.91 Å². The summed E-state index contributed by atoms with van der Waals surface area (Å²) in [6, 6.07) is 15.1. The first-order chi connectivity index (χ1) is 13.5. The van der Waals surface area contributed by atoms with E-state index in [2.05, 4.69) is 31.3 Å². The van der Waals surface area contributed by atoms with Gasteiger partial charge in [0, 0.05) is 11.0 Å². The quantitative estimate of drug-likeness (QED) is 0.578. The molecule has 0 saturated heterocycles. The van der Waals surface area contributed by atoms with E-state index in [0.717, 1.165) is 16.6 Å². The summed E-state index contributed by atoms with van der Waals surface area (Å²) in [6.45, 7) is 1.82. The number of hydrogen-bond donors (Lipinski definition) is 1. The molecule has 1 aromatic heterocycles. The standard InChI is InChI=1S/C20H22BrN5O2/c1-25(2)10-11-28-18-9-4-3-8-17(18)19(27)23-20-22-14-26(24-20)13-15-6-5-7-16(21)12-15/h3-9,12,14H,10-11,13H2,1-2H3,(H,23,24,27). The first-order valence-electron chi connectivity index (χ1n) is 8.83. The molecule has 0 radical (unpaired) electrons. The maximum Gasteiger partial charge on any atom is 0.261 e. The van der Waals surface area contributed by atoms with Crippen molar-refractivity contribution in [3.63, 3.8) is 0 Å². The number of ether oxygens (including phenoxy) is 1. The summed E-state index contributed by atoms with van der Waals surface area (Å²) in [4.78, 5) is 18.8. The number of para-hydroxylation sites is 1. The van der Waals surface area contributed by atoms with Gasteiger partial charge in [-0.15, -0.1) is 5.10 Å². The Morgan fingerprint density at radius 3 is 2.82 bits per heavy atom. The molecule has 0 unspecified atom stereocenters. The third-order valence-corrected chi connectivity index (χ3v) is 4.42. The molecule has 0 aliphatic rings. The Labute approximate surface area is 172 Å². The van der Waals surface area contributed by atoms with E-state index in [1.54, 1.807) is 29.2 Å². The van der Waals surface area contributed by atoms with Crippen molar-refractivity contribution in [2.24, 2.45) is 0 Å². The maximum atomic E-state index is 12.6. The molecule has 3 rings (SSSR count). The summed E-state index contributed by atoms with van der Waals surface area (Å²) in [7, 11) is 3.94. The summed E-state index contributed by atoms with van der Waals surface area (Å²) in [6.07, 6.45) is 1.59. The van der Waals surface area contributed by atoms with Crippen LogP contribution in [0.15, 0.2) is 59.3 Å². The van der Waals surface area contributed by atoms with Gasteiger partial charge in [-0.3, -0.25) is 10.1 Å². The van der Waals surface area contributed by atoms with Crippen molar-refractivity contribution in [1.29, 1.82) is 0 Å². The van der Waals surface area contributed by atoms with Crippen LogP contribution in [0, 0.1) is 0 Å². The first-order valence-corrected chi connectivity index (χ1v) is 9.62. The molecule has 0 fully saturated rings. The van der Waals surface area contributed by atoms with Crippen LogP contribution in [0.1, 0.15) is 15.9 Å². The van der Waals surface area contributed by atoms with E-state index in [-0.39, 0.29) is 11.9 Å². The van der Waals surface area contributed by atoms with Crippen LogP contribution >= 0.6 is 15.9 Å². The molecule has 146 valence electrons. The summed E-state index contributed by atoms with van der Waals surface area (Å²) < 4.78 is 8.43. The van der Waals surface area contributed by atoms with Gasteiger partial charge in [0.1, 0.15) is 18.7 Å². The normalized spacial score (nSPS) is 10.9. The van der Waals surface area contributed by atoms with E-state index in [4.69, 9.17) is 4.74 Å². The fourth-order valence-corrected chi connectivity index (χ4v) is 2.98.